The predicted octanol–water partition coefficient (Wildman–Crippen LogP) is 2.96. The van der Waals surface area contributed by atoms with Crippen molar-refractivity contribution in [2.45, 2.75) is 64.1 Å². The van der Waals surface area contributed by atoms with E-state index in [4.69, 9.17) is 0 Å². The first kappa shape index (κ1) is 18.7. The molecule has 2 aromatic rings. The van der Waals surface area contributed by atoms with E-state index in [-0.39, 0.29) is 36.0 Å². The fourth-order valence-corrected chi connectivity index (χ4v) is 4.12. The lowest BCUT2D eigenvalue weighted by molar-refractivity contribution is 0.0931. The van der Waals surface area contributed by atoms with E-state index in [2.05, 4.69) is 15.6 Å². The van der Waals surface area contributed by atoms with Crippen LogP contribution in [-0.4, -0.2) is 27.4 Å². The minimum atomic E-state index is -0.383. The van der Waals surface area contributed by atoms with Crippen LogP contribution in [0.1, 0.15) is 70.9 Å². The average molecular weight is 384 g/mol. The van der Waals surface area contributed by atoms with Crippen LogP contribution in [0, 0.1) is 5.82 Å². The molecule has 1 aliphatic carbocycles. The number of hydrogen-bond donors (Lipinski definition) is 2. The summed E-state index contributed by atoms with van der Waals surface area (Å²) in [7, 11) is 0. The van der Waals surface area contributed by atoms with Gasteiger partial charge in [-0.25, -0.2) is 9.37 Å². The van der Waals surface area contributed by atoms with Crippen LogP contribution in [0.4, 0.5) is 4.39 Å². The number of rotatable bonds is 5. The normalized spacial score (nSPS) is 16.6. The zero-order chi connectivity index (χ0) is 19.5. The van der Waals surface area contributed by atoms with Gasteiger partial charge in [0, 0.05) is 24.7 Å². The number of carbonyl (C=O) groups excluding carboxylic acids is 2. The molecule has 0 spiro atoms. The van der Waals surface area contributed by atoms with Crippen LogP contribution in [0.15, 0.2) is 24.3 Å². The molecule has 0 unspecified atom stereocenters. The first-order chi connectivity index (χ1) is 13.6. The Kier molecular flexibility index (Phi) is 5.41. The molecule has 28 heavy (non-hydrogen) atoms. The summed E-state index contributed by atoms with van der Waals surface area (Å²) in [5.74, 6) is -0.691. The number of halogens is 1. The zero-order valence-corrected chi connectivity index (χ0v) is 15.8. The standard InChI is InChI=1S/C21H25FN4O2/c22-16-10-4-1-7-14(16)13-23-21(28)19-25-18(17-11-5-6-12-26(17)19)20(27)24-15-8-2-3-9-15/h1,4,7,10,15H,2-3,5-6,8-9,11-13H2,(H,23,28)(H,24,27). The second-order valence-corrected chi connectivity index (χ2v) is 7.57. The molecule has 2 aliphatic rings. The molecular weight excluding hydrogens is 359 g/mol. The van der Waals surface area contributed by atoms with Crippen molar-refractivity contribution in [2.75, 3.05) is 0 Å². The topological polar surface area (TPSA) is 76.0 Å². The third kappa shape index (κ3) is 3.79. The summed E-state index contributed by atoms with van der Waals surface area (Å²) >= 11 is 0. The molecule has 2 N–H and O–H groups in total. The minimum Gasteiger partial charge on any atom is -0.348 e. The Morgan fingerprint density at radius 3 is 2.68 bits per heavy atom. The summed E-state index contributed by atoms with van der Waals surface area (Å²) in [5.41, 5.74) is 1.61. The molecule has 1 aromatic heterocycles. The first-order valence-corrected chi connectivity index (χ1v) is 10.1. The summed E-state index contributed by atoms with van der Waals surface area (Å²) in [6, 6.07) is 6.54. The minimum absolute atomic E-state index is 0.0807. The maximum Gasteiger partial charge on any atom is 0.287 e. The SMILES string of the molecule is O=C(NC1CCCC1)c1nc(C(=O)NCc2ccccc2F)n2c1CCCC2. The molecule has 7 heteroatoms. The Balaban J connectivity index is 1.53. The average Bonchev–Trinajstić information content (AvgIpc) is 3.35. The monoisotopic (exact) mass is 384 g/mol. The maximum atomic E-state index is 13.8. The van der Waals surface area contributed by atoms with Crippen molar-refractivity contribution in [3.8, 4) is 0 Å². The Bertz CT molecular complexity index is 887. The Labute approximate surface area is 163 Å². The largest absolute Gasteiger partial charge is 0.348 e. The second-order valence-electron chi connectivity index (χ2n) is 7.57. The Hall–Kier alpha value is -2.70. The summed E-state index contributed by atoms with van der Waals surface area (Å²) in [6.45, 7) is 0.749. The molecule has 1 aromatic carbocycles. The zero-order valence-electron chi connectivity index (χ0n) is 15.8. The summed E-state index contributed by atoms with van der Waals surface area (Å²) in [4.78, 5) is 29.9. The van der Waals surface area contributed by atoms with Crippen molar-refractivity contribution < 1.29 is 14.0 Å². The quantitative estimate of drug-likeness (QED) is 0.832. The highest BCUT2D eigenvalue weighted by molar-refractivity contribution is 5.97. The predicted molar refractivity (Wildman–Crippen MR) is 102 cm³/mol. The summed E-state index contributed by atoms with van der Waals surface area (Å²) in [6.07, 6.45) is 6.93. The molecule has 1 saturated carbocycles. The fraction of sp³-hybridized carbons (Fsp3) is 0.476. The van der Waals surface area contributed by atoms with Gasteiger partial charge in [-0.1, -0.05) is 31.0 Å². The number of carbonyl (C=O) groups is 2. The molecule has 2 heterocycles. The van der Waals surface area contributed by atoms with Crippen molar-refractivity contribution in [3.05, 3.63) is 52.9 Å². The molecule has 1 fully saturated rings. The van der Waals surface area contributed by atoms with Gasteiger partial charge >= 0.3 is 0 Å². The van der Waals surface area contributed by atoms with Gasteiger partial charge in [-0.15, -0.1) is 0 Å². The van der Waals surface area contributed by atoms with Gasteiger partial charge in [0.2, 0.25) is 0 Å². The van der Waals surface area contributed by atoms with Crippen LogP contribution in [0.2, 0.25) is 0 Å². The van der Waals surface area contributed by atoms with Crippen molar-refractivity contribution in [2.24, 2.45) is 0 Å². The van der Waals surface area contributed by atoms with Crippen molar-refractivity contribution >= 4 is 11.8 Å². The van der Waals surface area contributed by atoms with Gasteiger partial charge in [0.25, 0.3) is 11.8 Å². The van der Waals surface area contributed by atoms with Gasteiger partial charge < -0.3 is 15.2 Å². The van der Waals surface area contributed by atoms with Gasteiger partial charge in [-0.05, 0) is 38.2 Å². The van der Waals surface area contributed by atoms with Gasteiger partial charge in [-0.3, -0.25) is 9.59 Å². The molecule has 0 saturated heterocycles. The Morgan fingerprint density at radius 1 is 1.11 bits per heavy atom. The number of hydrogen-bond acceptors (Lipinski definition) is 3. The smallest absolute Gasteiger partial charge is 0.287 e. The van der Waals surface area contributed by atoms with E-state index in [1.54, 1.807) is 18.2 Å². The number of nitrogens with one attached hydrogen (secondary N) is 2. The third-order valence-electron chi connectivity index (χ3n) is 5.62. The van der Waals surface area contributed by atoms with E-state index >= 15 is 0 Å². The maximum absolute atomic E-state index is 13.8. The van der Waals surface area contributed by atoms with Gasteiger partial charge in [0.05, 0.1) is 5.69 Å². The van der Waals surface area contributed by atoms with E-state index in [1.165, 1.54) is 6.07 Å². The van der Waals surface area contributed by atoms with Crippen LogP contribution >= 0.6 is 0 Å². The number of aromatic nitrogens is 2. The summed E-state index contributed by atoms with van der Waals surface area (Å²) in [5, 5.41) is 5.80. The van der Waals surface area contributed by atoms with Crippen LogP contribution in [-0.2, 0) is 19.5 Å². The van der Waals surface area contributed by atoms with Crippen LogP contribution < -0.4 is 10.6 Å². The first-order valence-electron chi connectivity index (χ1n) is 10.1. The lowest BCUT2D eigenvalue weighted by Crippen LogP contribution is -2.33. The van der Waals surface area contributed by atoms with Gasteiger partial charge in [0.15, 0.2) is 5.82 Å². The van der Waals surface area contributed by atoms with Crippen molar-refractivity contribution in [1.82, 2.24) is 20.2 Å². The molecule has 6 nitrogen and oxygen atoms in total. The van der Waals surface area contributed by atoms with Crippen LogP contribution in [0.3, 0.4) is 0 Å². The third-order valence-corrected chi connectivity index (χ3v) is 5.62. The molecule has 1 aliphatic heterocycles. The lowest BCUT2D eigenvalue weighted by Gasteiger charge is -2.17. The highest BCUT2D eigenvalue weighted by Gasteiger charge is 2.29. The molecular formula is C21H25FN4O2. The number of fused-ring (bicyclic) bond motifs is 1. The van der Waals surface area contributed by atoms with E-state index in [1.807, 2.05) is 4.57 Å². The Morgan fingerprint density at radius 2 is 1.89 bits per heavy atom. The van der Waals surface area contributed by atoms with Crippen LogP contribution in [0.25, 0.3) is 0 Å². The van der Waals surface area contributed by atoms with E-state index < -0.39 is 0 Å². The number of nitrogens with zero attached hydrogens (tertiary/aromatic N) is 2. The molecule has 0 radical (unpaired) electrons. The second kappa shape index (κ2) is 8.12. The van der Waals surface area contributed by atoms with E-state index in [9.17, 15) is 14.0 Å². The highest BCUT2D eigenvalue weighted by atomic mass is 19.1. The molecule has 4 rings (SSSR count). The lowest BCUT2D eigenvalue weighted by atomic mass is 10.1. The molecule has 0 bridgehead atoms. The van der Waals surface area contributed by atoms with Gasteiger partial charge in [0.1, 0.15) is 11.5 Å². The summed E-state index contributed by atoms with van der Waals surface area (Å²) < 4.78 is 15.6. The van der Waals surface area contributed by atoms with E-state index in [0.717, 1.165) is 50.6 Å². The number of amides is 2. The fourth-order valence-electron chi connectivity index (χ4n) is 4.12. The van der Waals surface area contributed by atoms with Crippen molar-refractivity contribution in [3.63, 3.8) is 0 Å². The van der Waals surface area contributed by atoms with Crippen LogP contribution in [0.5, 0.6) is 0 Å². The molecule has 0 atom stereocenters. The number of imidazole rings is 1. The number of benzene rings is 1. The van der Waals surface area contributed by atoms with Crippen molar-refractivity contribution in [1.29, 1.82) is 0 Å². The highest BCUT2D eigenvalue weighted by Crippen LogP contribution is 2.23. The van der Waals surface area contributed by atoms with Gasteiger partial charge in [-0.2, -0.15) is 0 Å². The molecule has 2 amide bonds. The molecule has 148 valence electrons. The van der Waals surface area contributed by atoms with E-state index in [0.29, 0.717) is 17.8 Å².